The number of carbonyl (C=O) groups excluding carboxylic acids is 4. The zero-order chi connectivity index (χ0) is 29.4. The van der Waals surface area contributed by atoms with E-state index in [0.717, 1.165) is 11.8 Å². The minimum atomic E-state index is -0.499. The lowest BCUT2D eigenvalue weighted by atomic mass is 9.87. The molecular weight excluding hydrogens is 504 g/mol. The average Bonchev–Trinajstić information content (AvgIpc) is 3.19. The van der Waals surface area contributed by atoms with E-state index in [1.807, 2.05) is 13.8 Å². The van der Waals surface area contributed by atoms with Crippen LogP contribution in [0.2, 0.25) is 0 Å². The first-order valence-electron chi connectivity index (χ1n) is 14.0. The highest BCUT2D eigenvalue weighted by Gasteiger charge is 2.36. The Labute approximate surface area is 236 Å². The maximum Gasteiger partial charge on any atom is 0.407 e. The number of rotatable bonds is 13. The van der Waals surface area contributed by atoms with Crippen LogP contribution >= 0.6 is 0 Å². The number of hydrogen-bond acceptors (Lipinski definition) is 8. The van der Waals surface area contributed by atoms with E-state index in [1.54, 1.807) is 20.8 Å². The van der Waals surface area contributed by atoms with Crippen molar-refractivity contribution in [3.8, 4) is 0 Å². The van der Waals surface area contributed by atoms with Crippen LogP contribution in [0.1, 0.15) is 82.4 Å². The van der Waals surface area contributed by atoms with Gasteiger partial charge in [-0.2, -0.15) is 0 Å². The molecule has 2 fully saturated rings. The minimum Gasteiger partial charge on any atom is -0.458 e. The molecule has 10 nitrogen and oxygen atoms in total. The molecule has 226 valence electrons. The summed E-state index contributed by atoms with van der Waals surface area (Å²) in [5, 5.41) is 5.39. The highest BCUT2D eigenvalue weighted by atomic mass is 16.6. The lowest BCUT2D eigenvalue weighted by Crippen LogP contribution is -2.35. The van der Waals surface area contributed by atoms with Gasteiger partial charge in [0.15, 0.2) is 0 Å². The Morgan fingerprint density at radius 3 is 1.77 bits per heavy atom. The third kappa shape index (κ3) is 13.5. The van der Waals surface area contributed by atoms with Crippen LogP contribution in [-0.2, 0) is 28.5 Å². The lowest BCUT2D eigenvalue weighted by molar-refractivity contribution is -0.142. The van der Waals surface area contributed by atoms with Crippen molar-refractivity contribution in [1.29, 1.82) is 0 Å². The van der Waals surface area contributed by atoms with E-state index in [4.69, 9.17) is 18.9 Å². The van der Waals surface area contributed by atoms with Crippen molar-refractivity contribution >= 4 is 24.1 Å². The molecule has 2 aliphatic carbocycles. The summed E-state index contributed by atoms with van der Waals surface area (Å²) in [7, 11) is 0. The quantitative estimate of drug-likeness (QED) is 0.171. The summed E-state index contributed by atoms with van der Waals surface area (Å²) in [5.41, 5.74) is 0.671. The van der Waals surface area contributed by atoms with Gasteiger partial charge in [0.1, 0.15) is 25.4 Å². The minimum absolute atomic E-state index is 0. The first kappa shape index (κ1) is 34.0. The number of alkyl carbamates (subject to hydrolysis) is 2. The second-order valence-electron chi connectivity index (χ2n) is 10.3. The van der Waals surface area contributed by atoms with Crippen LogP contribution in [0, 0.1) is 17.8 Å². The van der Waals surface area contributed by atoms with E-state index in [-0.39, 0.29) is 16.1 Å². The van der Waals surface area contributed by atoms with Gasteiger partial charge in [-0.15, -0.1) is 0 Å². The van der Waals surface area contributed by atoms with E-state index in [0.29, 0.717) is 43.0 Å². The Morgan fingerprint density at radius 2 is 1.33 bits per heavy atom. The fraction of sp³-hybridized carbons (Fsp3) is 0.724. The molecule has 39 heavy (non-hydrogen) atoms. The van der Waals surface area contributed by atoms with Gasteiger partial charge in [-0.25, -0.2) is 19.2 Å². The monoisotopic (exact) mass is 556 g/mol. The van der Waals surface area contributed by atoms with Gasteiger partial charge in [-0.05, 0) is 64.2 Å². The number of carbonyl (C=O) groups is 4. The molecule has 0 radical (unpaired) electrons. The predicted octanol–water partition coefficient (Wildman–Crippen LogP) is 5.56. The first-order valence-corrected chi connectivity index (χ1v) is 14.0. The summed E-state index contributed by atoms with van der Waals surface area (Å²) < 4.78 is 20.3. The maximum absolute atomic E-state index is 11.9. The van der Waals surface area contributed by atoms with Crippen LogP contribution in [0.4, 0.5) is 9.59 Å². The number of nitrogens with one attached hydrogen (secondary N) is 2. The molecule has 0 aliphatic heterocycles. The van der Waals surface area contributed by atoms with Gasteiger partial charge in [0.25, 0.3) is 0 Å². The molecule has 5 unspecified atom stereocenters. The largest absolute Gasteiger partial charge is 0.458 e. The lowest BCUT2D eigenvalue weighted by Gasteiger charge is -2.22. The van der Waals surface area contributed by atoms with Gasteiger partial charge in [0.05, 0.1) is 0 Å². The van der Waals surface area contributed by atoms with E-state index in [1.165, 1.54) is 32.1 Å². The molecule has 2 amide bonds. The van der Waals surface area contributed by atoms with Crippen LogP contribution in [0.5, 0.6) is 0 Å². The van der Waals surface area contributed by atoms with Crippen molar-refractivity contribution < 1.29 is 41.0 Å². The number of hydrogen-bond donors (Lipinski definition) is 2. The molecule has 2 aliphatic rings. The molecule has 2 N–H and O–H groups in total. The van der Waals surface area contributed by atoms with Crippen molar-refractivity contribution in [2.75, 3.05) is 26.3 Å². The van der Waals surface area contributed by atoms with E-state index >= 15 is 0 Å². The Balaban J connectivity index is 0. The van der Waals surface area contributed by atoms with Crippen molar-refractivity contribution in [1.82, 2.24) is 10.6 Å². The molecule has 0 spiro atoms. The molecule has 2 saturated carbocycles. The molecule has 5 atom stereocenters. The first-order chi connectivity index (χ1) is 18.5. The van der Waals surface area contributed by atoms with Crippen LogP contribution in [0.25, 0.3) is 0 Å². The van der Waals surface area contributed by atoms with Crippen molar-refractivity contribution in [3.05, 3.63) is 24.3 Å². The van der Waals surface area contributed by atoms with Gasteiger partial charge in [0, 0.05) is 27.1 Å². The Hall–Kier alpha value is -3.04. The topological polar surface area (TPSA) is 129 Å². The summed E-state index contributed by atoms with van der Waals surface area (Å²) in [6, 6.07) is 0. The number of fused-ring (bicyclic) bond motifs is 2. The van der Waals surface area contributed by atoms with Crippen LogP contribution in [0.3, 0.4) is 0 Å². The smallest absolute Gasteiger partial charge is 0.407 e. The fourth-order valence-electron chi connectivity index (χ4n) is 4.64. The highest BCUT2D eigenvalue weighted by molar-refractivity contribution is 5.87. The predicted molar refractivity (Wildman–Crippen MR) is 152 cm³/mol. The SMILES string of the molecule is C=C(C)C(=O)OCC(CC)OC(=O)NCC.C=C(C)C(=O)OCC(CC)OC(=O)NCC1CC2CCCC1C2.[HH].[HH]. The maximum atomic E-state index is 11.9. The van der Waals surface area contributed by atoms with Crippen molar-refractivity contribution in [3.63, 3.8) is 0 Å². The summed E-state index contributed by atoms with van der Waals surface area (Å²) in [4.78, 5) is 45.5. The Morgan fingerprint density at radius 1 is 0.821 bits per heavy atom. The van der Waals surface area contributed by atoms with Gasteiger partial charge >= 0.3 is 24.1 Å². The molecule has 0 heterocycles. The van der Waals surface area contributed by atoms with Crippen molar-refractivity contribution in [2.24, 2.45) is 17.8 Å². The van der Waals surface area contributed by atoms with E-state index < -0.39 is 36.3 Å². The third-order valence-electron chi connectivity index (χ3n) is 6.91. The number of esters is 2. The highest BCUT2D eigenvalue weighted by Crippen LogP contribution is 2.45. The summed E-state index contributed by atoms with van der Waals surface area (Å²) in [6.45, 7) is 17.0. The summed E-state index contributed by atoms with van der Waals surface area (Å²) >= 11 is 0. The fourth-order valence-corrected chi connectivity index (χ4v) is 4.64. The molecule has 2 bridgehead atoms. The zero-order valence-corrected chi connectivity index (χ0v) is 24.3. The van der Waals surface area contributed by atoms with Crippen LogP contribution in [0.15, 0.2) is 24.3 Å². The number of ether oxygens (including phenoxy) is 4. The van der Waals surface area contributed by atoms with Gasteiger partial charge < -0.3 is 29.6 Å². The molecule has 0 aromatic heterocycles. The standard InChI is InChI=1S/C18H29NO4.C11H19NO4.2H2/c1-4-16(11-22-17(20)12(2)3)23-18(21)19-10-15-9-13-6-5-7-14(15)8-13;1-5-9(16-11(14)12-6-2)7-15-10(13)8(3)4;;/h13-16H,2,4-11H2,1,3H3,(H,19,21);9H,3,5-7H2,1-2,4H3,(H,12,14);2*1H. The normalized spacial score (nSPS) is 20.7. The molecule has 10 heteroatoms. The van der Waals surface area contributed by atoms with E-state index in [9.17, 15) is 19.2 Å². The van der Waals surface area contributed by atoms with Crippen LogP contribution < -0.4 is 10.6 Å². The third-order valence-corrected chi connectivity index (χ3v) is 6.91. The summed E-state index contributed by atoms with van der Waals surface area (Å²) in [6.07, 6.45) is 5.99. The molecule has 0 aromatic rings. The van der Waals surface area contributed by atoms with Gasteiger partial charge in [-0.1, -0.05) is 46.3 Å². The zero-order valence-electron chi connectivity index (χ0n) is 24.3. The Kier molecular flexibility index (Phi) is 15.9. The van der Waals surface area contributed by atoms with E-state index in [2.05, 4.69) is 23.8 Å². The van der Waals surface area contributed by atoms with Crippen LogP contribution in [-0.4, -0.2) is 62.6 Å². The number of amides is 2. The molecule has 0 aromatic carbocycles. The van der Waals surface area contributed by atoms with Gasteiger partial charge in [0.2, 0.25) is 0 Å². The summed E-state index contributed by atoms with van der Waals surface area (Å²) in [5.74, 6) is 1.30. The average molecular weight is 557 g/mol. The van der Waals surface area contributed by atoms with Crippen molar-refractivity contribution in [2.45, 2.75) is 91.8 Å². The second-order valence-corrected chi connectivity index (χ2v) is 10.3. The van der Waals surface area contributed by atoms with Gasteiger partial charge in [-0.3, -0.25) is 0 Å². The molecule has 0 saturated heterocycles. The Bertz CT molecular complexity index is 855. The molecule has 2 rings (SSSR count). The second kappa shape index (κ2) is 18.3. The molecular formula is C29H52N2O8.